The maximum Gasteiger partial charge on any atom is 0.494 e. The van der Waals surface area contributed by atoms with Crippen LogP contribution in [0.25, 0.3) is 21.7 Å². The second-order valence-electron chi connectivity index (χ2n) is 7.39. The van der Waals surface area contributed by atoms with Crippen molar-refractivity contribution < 1.29 is 9.31 Å². The van der Waals surface area contributed by atoms with Crippen molar-refractivity contribution in [2.45, 2.75) is 38.9 Å². The number of para-hydroxylation sites is 1. The summed E-state index contributed by atoms with van der Waals surface area (Å²) in [5.74, 6) is 0. The molecule has 1 aliphatic rings. The fourth-order valence-corrected chi connectivity index (χ4v) is 3.13. The summed E-state index contributed by atoms with van der Waals surface area (Å²) in [4.78, 5) is 15.2. The average Bonchev–Trinajstić information content (AvgIpc) is 2.75. The number of benzene rings is 2. The van der Waals surface area contributed by atoms with Gasteiger partial charge in [0.15, 0.2) is 0 Å². The van der Waals surface area contributed by atoms with E-state index < -0.39 is 7.12 Å². The maximum atomic E-state index is 12.3. The fourth-order valence-electron chi connectivity index (χ4n) is 3.13. The van der Waals surface area contributed by atoms with E-state index in [1.807, 2.05) is 70.2 Å². The Hall–Kier alpha value is -2.11. The van der Waals surface area contributed by atoms with Crippen LogP contribution < -0.4 is 11.0 Å². The summed E-state index contributed by atoms with van der Waals surface area (Å²) < 4.78 is 12.3. The molecule has 2 heterocycles. The number of fused-ring (bicyclic) bond motifs is 3. The first kappa shape index (κ1) is 15.4. The molecule has 5 heteroatoms. The molecule has 2 aromatic carbocycles. The fraction of sp³-hybridized carbons (Fsp3) is 0.316. The lowest BCUT2D eigenvalue weighted by Gasteiger charge is -2.32. The Labute approximate surface area is 140 Å². The molecular weight excluding hydrogens is 301 g/mol. The number of rotatable bonds is 1. The molecular formula is C19H20BNO3. The van der Waals surface area contributed by atoms with E-state index in [-0.39, 0.29) is 16.8 Å². The van der Waals surface area contributed by atoms with Crippen LogP contribution in [0.1, 0.15) is 27.7 Å². The average molecular weight is 321 g/mol. The molecule has 1 N–H and O–H groups in total. The lowest BCUT2D eigenvalue weighted by molar-refractivity contribution is 0.00578. The number of nitrogens with one attached hydrogen (secondary N) is 1. The van der Waals surface area contributed by atoms with Gasteiger partial charge in [0, 0.05) is 16.3 Å². The van der Waals surface area contributed by atoms with E-state index in [1.165, 1.54) is 0 Å². The molecule has 4 nitrogen and oxygen atoms in total. The second kappa shape index (κ2) is 4.95. The van der Waals surface area contributed by atoms with Gasteiger partial charge in [-0.1, -0.05) is 30.3 Å². The van der Waals surface area contributed by atoms with Crippen LogP contribution in [0.2, 0.25) is 0 Å². The van der Waals surface area contributed by atoms with Crippen LogP contribution in [-0.2, 0) is 9.31 Å². The maximum absolute atomic E-state index is 12.3. The molecule has 122 valence electrons. The molecule has 0 saturated carbocycles. The van der Waals surface area contributed by atoms with Crippen LogP contribution in [0.3, 0.4) is 0 Å². The second-order valence-corrected chi connectivity index (χ2v) is 7.39. The van der Waals surface area contributed by atoms with Crippen molar-refractivity contribution >= 4 is 34.3 Å². The van der Waals surface area contributed by atoms with Gasteiger partial charge < -0.3 is 14.3 Å². The highest BCUT2D eigenvalue weighted by molar-refractivity contribution is 6.62. The minimum atomic E-state index is -0.433. The van der Waals surface area contributed by atoms with Gasteiger partial charge in [0.05, 0.1) is 11.2 Å². The van der Waals surface area contributed by atoms with Crippen molar-refractivity contribution in [3.05, 3.63) is 52.8 Å². The predicted octanol–water partition coefficient (Wildman–Crippen LogP) is 2.98. The number of pyridine rings is 1. The van der Waals surface area contributed by atoms with Crippen LogP contribution in [0, 0.1) is 0 Å². The Balaban J connectivity index is 1.90. The van der Waals surface area contributed by atoms with E-state index in [9.17, 15) is 4.79 Å². The number of aromatic amines is 1. The van der Waals surface area contributed by atoms with Gasteiger partial charge in [0.2, 0.25) is 0 Å². The minimum absolute atomic E-state index is 0.0795. The quantitative estimate of drug-likeness (QED) is 0.554. The molecule has 0 radical (unpaired) electrons. The molecule has 3 aromatic rings. The number of hydrogen-bond donors (Lipinski definition) is 1. The Bertz CT molecular complexity index is 990. The molecule has 1 fully saturated rings. The summed E-state index contributed by atoms with van der Waals surface area (Å²) in [5, 5.41) is 2.61. The zero-order valence-electron chi connectivity index (χ0n) is 14.3. The third-order valence-electron chi connectivity index (χ3n) is 5.28. The molecule has 4 rings (SSSR count). The van der Waals surface area contributed by atoms with Gasteiger partial charge >= 0.3 is 7.12 Å². The summed E-state index contributed by atoms with van der Waals surface area (Å²) in [6.45, 7) is 8.14. The molecule has 0 aliphatic carbocycles. The monoisotopic (exact) mass is 321 g/mol. The summed E-state index contributed by atoms with van der Waals surface area (Å²) in [7, 11) is -0.433. The molecule has 24 heavy (non-hydrogen) atoms. The van der Waals surface area contributed by atoms with E-state index in [4.69, 9.17) is 9.31 Å². The van der Waals surface area contributed by atoms with Crippen molar-refractivity contribution in [3.63, 3.8) is 0 Å². The Morgan fingerprint density at radius 1 is 0.875 bits per heavy atom. The third kappa shape index (κ3) is 2.19. The highest BCUT2D eigenvalue weighted by Crippen LogP contribution is 2.36. The molecule has 1 aromatic heterocycles. The van der Waals surface area contributed by atoms with Crippen molar-refractivity contribution in [1.29, 1.82) is 0 Å². The summed E-state index contributed by atoms with van der Waals surface area (Å²) in [6.07, 6.45) is 0. The summed E-state index contributed by atoms with van der Waals surface area (Å²) >= 11 is 0. The van der Waals surface area contributed by atoms with Crippen LogP contribution in [0.15, 0.2) is 47.3 Å². The van der Waals surface area contributed by atoms with Crippen LogP contribution in [-0.4, -0.2) is 23.3 Å². The van der Waals surface area contributed by atoms with Gasteiger partial charge in [0.1, 0.15) is 0 Å². The van der Waals surface area contributed by atoms with E-state index >= 15 is 0 Å². The van der Waals surface area contributed by atoms with Gasteiger partial charge in [-0.2, -0.15) is 0 Å². The first-order valence-electron chi connectivity index (χ1n) is 8.19. The lowest BCUT2D eigenvalue weighted by Crippen LogP contribution is -2.41. The van der Waals surface area contributed by atoms with Crippen molar-refractivity contribution in [1.82, 2.24) is 4.98 Å². The molecule has 1 saturated heterocycles. The lowest BCUT2D eigenvalue weighted by atomic mass is 9.78. The van der Waals surface area contributed by atoms with Gasteiger partial charge in [-0.05, 0) is 50.7 Å². The molecule has 0 atom stereocenters. The molecule has 0 amide bonds. The largest absolute Gasteiger partial charge is 0.494 e. The molecule has 0 unspecified atom stereocenters. The number of aromatic nitrogens is 1. The Kier molecular flexibility index (Phi) is 3.18. The van der Waals surface area contributed by atoms with Crippen LogP contribution in [0.4, 0.5) is 0 Å². The normalized spacial score (nSPS) is 19.2. The zero-order valence-corrected chi connectivity index (χ0v) is 14.3. The standard InChI is InChI=1S/C19H20BNO3/c1-18(2)19(3,4)24-20(23-18)12-9-10-14-15(11-12)13-7-5-6-8-16(13)21-17(14)22/h5-11H,1-4H3,(H,21,22). The smallest absolute Gasteiger partial charge is 0.399 e. The van der Waals surface area contributed by atoms with Gasteiger partial charge in [-0.25, -0.2) is 0 Å². The van der Waals surface area contributed by atoms with E-state index in [0.717, 1.165) is 21.8 Å². The van der Waals surface area contributed by atoms with Gasteiger partial charge in [0.25, 0.3) is 5.56 Å². The van der Waals surface area contributed by atoms with Gasteiger partial charge in [-0.15, -0.1) is 0 Å². The molecule has 0 bridgehead atoms. The SMILES string of the molecule is CC1(C)OB(c2ccc3c(=O)[nH]c4ccccc4c3c2)OC1(C)C. The predicted molar refractivity (Wildman–Crippen MR) is 97.8 cm³/mol. The van der Waals surface area contributed by atoms with E-state index in [1.54, 1.807) is 0 Å². The Morgan fingerprint density at radius 2 is 1.54 bits per heavy atom. The number of hydrogen-bond acceptors (Lipinski definition) is 3. The van der Waals surface area contributed by atoms with Crippen molar-refractivity contribution in [2.75, 3.05) is 0 Å². The van der Waals surface area contributed by atoms with Crippen LogP contribution >= 0.6 is 0 Å². The summed E-state index contributed by atoms with van der Waals surface area (Å²) in [5.41, 5.74) is 0.910. The van der Waals surface area contributed by atoms with E-state index in [0.29, 0.717) is 5.39 Å². The summed E-state index contributed by atoms with van der Waals surface area (Å²) in [6, 6.07) is 13.6. The molecule has 0 spiro atoms. The Morgan fingerprint density at radius 3 is 2.25 bits per heavy atom. The molecule has 1 aliphatic heterocycles. The highest BCUT2D eigenvalue weighted by Gasteiger charge is 2.51. The topological polar surface area (TPSA) is 51.3 Å². The minimum Gasteiger partial charge on any atom is -0.399 e. The first-order valence-corrected chi connectivity index (χ1v) is 8.19. The van der Waals surface area contributed by atoms with Crippen LogP contribution in [0.5, 0.6) is 0 Å². The van der Waals surface area contributed by atoms with E-state index in [2.05, 4.69) is 4.98 Å². The van der Waals surface area contributed by atoms with Crippen molar-refractivity contribution in [3.8, 4) is 0 Å². The highest BCUT2D eigenvalue weighted by atomic mass is 16.7. The first-order chi connectivity index (χ1) is 11.3. The third-order valence-corrected chi connectivity index (χ3v) is 5.28. The number of H-pyrrole nitrogens is 1. The van der Waals surface area contributed by atoms with Gasteiger partial charge in [-0.3, -0.25) is 4.79 Å². The van der Waals surface area contributed by atoms with Crippen molar-refractivity contribution in [2.24, 2.45) is 0 Å². The zero-order chi connectivity index (χ0) is 17.1.